The van der Waals surface area contributed by atoms with Crippen molar-refractivity contribution in [3.63, 3.8) is 0 Å². The van der Waals surface area contributed by atoms with Crippen LogP contribution in [-0.4, -0.2) is 64.4 Å². The molecule has 1 saturated heterocycles. The summed E-state index contributed by atoms with van der Waals surface area (Å²) >= 11 is 0. The first-order valence-corrected chi connectivity index (χ1v) is 18.6. The van der Waals surface area contributed by atoms with E-state index in [0.29, 0.717) is 36.9 Å². The molecule has 0 unspecified atom stereocenters. The minimum absolute atomic E-state index is 0.0199. The van der Waals surface area contributed by atoms with Gasteiger partial charge in [-0.25, -0.2) is 9.67 Å². The number of hydrogen-bond acceptors (Lipinski definition) is 6. The van der Waals surface area contributed by atoms with E-state index in [2.05, 4.69) is 90.3 Å². The number of fused-ring (bicyclic) bond motifs is 3. The van der Waals surface area contributed by atoms with Gasteiger partial charge >= 0.3 is 5.97 Å². The molecule has 1 aromatic rings. The number of nitrogens with one attached hydrogen (secondary N) is 1. The van der Waals surface area contributed by atoms with Crippen LogP contribution < -0.4 is 5.32 Å². The summed E-state index contributed by atoms with van der Waals surface area (Å²) in [4.78, 5) is 17.9. The van der Waals surface area contributed by atoms with Gasteiger partial charge < -0.3 is 19.9 Å². The van der Waals surface area contributed by atoms with Crippen LogP contribution >= 0.6 is 0 Å². The summed E-state index contributed by atoms with van der Waals surface area (Å²) in [5, 5.41) is 19.4. The van der Waals surface area contributed by atoms with Gasteiger partial charge in [0.1, 0.15) is 12.7 Å². The maximum absolute atomic E-state index is 13.5. The fourth-order valence-corrected chi connectivity index (χ4v) is 12.3. The second-order valence-electron chi connectivity index (χ2n) is 18.6. The highest BCUT2D eigenvalue weighted by Gasteiger charge is 2.72. The number of carboxylic acids is 1. The third kappa shape index (κ3) is 4.80. The molecule has 0 aromatic carbocycles. The van der Waals surface area contributed by atoms with Gasteiger partial charge in [-0.15, -0.1) is 0 Å². The Balaban J connectivity index is 1.51. The van der Waals surface area contributed by atoms with Crippen LogP contribution in [0.2, 0.25) is 0 Å². The minimum atomic E-state index is -0.615. The quantitative estimate of drug-likeness (QED) is 0.268. The van der Waals surface area contributed by atoms with Gasteiger partial charge in [0.05, 0.1) is 37.9 Å². The lowest BCUT2D eigenvalue weighted by atomic mass is 9.34. The minimum Gasteiger partial charge on any atom is -0.481 e. The fraction of sp³-hybridized carbons (Fsp3) is 0.872. The first kappa shape index (κ1) is 35.1. The van der Waals surface area contributed by atoms with Crippen molar-refractivity contribution in [2.45, 2.75) is 125 Å². The molecular weight excluding hydrogens is 588 g/mol. The summed E-state index contributed by atoms with van der Waals surface area (Å²) in [6.07, 6.45) is 11.8. The Kier molecular flexibility index (Phi) is 8.69. The van der Waals surface area contributed by atoms with Crippen LogP contribution in [0.3, 0.4) is 0 Å². The Bertz CT molecular complexity index is 1360. The molecular formula is C39H64N4O4. The van der Waals surface area contributed by atoms with Crippen LogP contribution in [0.25, 0.3) is 0 Å². The molecule has 8 heteroatoms. The molecule has 6 rings (SSSR count). The number of aromatic nitrogens is 3. The highest BCUT2D eigenvalue weighted by Crippen LogP contribution is 2.75. The number of nitrogens with zero attached hydrogens (tertiary/aromatic N) is 3. The number of carboxylic acid groups (broad SMARTS) is 1. The molecule has 2 N–H and O–H groups in total. The van der Waals surface area contributed by atoms with E-state index in [0.717, 1.165) is 45.1 Å². The number of allylic oxidation sites excluding steroid dienone is 1. The van der Waals surface area contributed by atoms with Crippen molar-refractivity contribution >= 4 is 5.97 Å². The summed E-state index contributed by atoms with van der Waals surface area (Å²) in [5.41, 5.74) is 0.208. The van der Waals surface area contributed by atoms with Crippen LogP contribution in [0.4, 0.5) is 0 Å². The standard InChI is InChI=1S/C39H64N4O4/c1-24(2)26(5)35(7)16-17-36(8)27-12-13-30-34(6)18-29(43-23-41-22-42-43)32(47-20-38(10,40-11)25(3)4)39(30,21-46-19-34)28(27)14-15-37(36,9)31(35)33(44)45/h14,22-27,29-32,40H,12-13,15-21H2,1-11H3,(H,44,45)/t26-,27+,29-,30-,31-,32+,34-,35-,36-,37+,38-,39+/m1/s1. The van der Waals surface area contributed by atoms with Crippen molar-refractivity contribution < 1.29 is 19.4 Å². The molecule has 2 bridgehead atoms. The van der Waals surface area contributed by atoms with E-state index < -0.39 is 11.9 Å². The average molecular weight is 653 g/mol. The van der Waals surface area contributed by atoms with E-state index >= 15 is 0 Å². The molecule has 1 aromatic heterocycles. The highest BCUT2D eigenvalue weighted by atomic mass is 16.5. The number of likely N-dealkylation sites (N-methyl/N-ethyl adjacent to an activating group) is 1. The van der Waals surface area contributed by atoms with Crippen molar-refractivity contribution in [2.75, 3.05) is 26.9 Å². The Labute approximate surface area is 284 Å². The lowest BCUT2D eigenvalue weighted by Gasteiger charge is -2.71. The second-order valence-corrected chi connectivity index (χ2v) is 18.6. The molecule has 5 aliphatic rings. The largest absolute Gasteiger partial charge is 0.481 e. The Morgan fingerprint density at radius 1 is 1.13 bits per heavy atom. The smallest absolute Gasteiger partial charge is 0.307 e. The van der Waals surface area contributed by atoms with Gasteiger partial charge in [-0.3, -0.25) is 4.79 Å². The van der Waals surface area contributed by atoms with E-state index in [1.54, 1.807) is 6.33 Å². The van der Waals surface area contributed by atoms with Crippen molar-refractivity contribution in [2.24, 2.45) is 62.6 Å². The van der Waals surface area contributed by atoms with Gasteiger partial charge in [-0.05, 0) is 104 Å². The Morgan fingerprint density at radius 2 is 1.85 bits per heavy atom. The van der Waals surface area contributed by atoms with Crippen LogP contribution in [0, 0.1) is 62.6 Å². The molecule has 4 aliphatic carbocycles. The summed E-state index contributed by atoms with van der Waals surface area (Å²) in [6.45, 7) is 25.1. The molecule has 0 spiro atoms. The Hall–Kier alpha value is -1.77. The predicted molar refractivity (Wildman–Crippen MR) is 185 cm³/mol. The lowest BCUT2D eigenvalue weighted by Crippen LogP contribution is -2.70. The molecule has 12 atom stereocenters. The normalized spacial score (nSPS) is 45.0. The topological polar surface area (TPSA) is 98.5 Å². The highest BCUT2D eigenvalue weighted by molar-refractivity contribution is 5.73. The summed E-state index contributed by atoms with van der Waals surface area (Å²) < 4.78 is 16.1. The van der Waals surface area contributed by atoms with Crippen molar-refractivity contribution in [3.8, 4) is 0 Å². The van der Waals surface area contributed by atoms with Gasteiger partial charge in [-0.1, -0.05) is 74.0 Å². The molecule has 47 heavy (non-hydrogen) atoms. The summed E-state index contributed by atoms with van der Waals surface area (Å²) in [6, 6.07) is 0.0324. The fourth-order valence-electron chi connectivity index (χ4n) is 12.3. The van der Waals surface area contributed by atoms with Crippen LogP contribution in [0.1, 0.15) is 114 Å². The molecule has 1 aliphatic heterocycles. The van der Waals surface area contributed by atoms with Crippen LogP contribution in [0.15, 0.2) is 24.3 Å². The third-order valence-corrected chi connectivity index (χ3v) is 16.2. The molecule has 3 saturated carbocycles. The van der Waals surface area contributed by atoms with Crippen LogP contribution in [0.5, 0.6) is 0 Å². The molecule has 8 nitrogen and oxygen atoms in total. The zero-order valence-electron chi connectivity index (χ0n) is 31.2. The number of ether oxygens (including phenoxy) is 2. The molecule has 2 heterocycles. The summed E-state index contributed by atoms with van der Waals surface area (Å²) in [7, 11) is 2.04. The average Bonchev–Trinajstić information content (AvgIpc) is 3.55. The number of rotatable bonds is 9. The SMILES string of the molecule is CN[C@](C)(CO[C@H]1[C@H](n2cncn2)C[C@]2(C)COC[C@@]13C1=CC[C@@]4(C)[C@H](C(=O)O)[C@@](C)([C@H](C)C(C)C)CC[C@]4(C)[C@H]1CC[C@H]23)C(C)C. The predicted octanol–water partition coefficient (Wildman–Crippen LogP) is 7.43. The van der Waals surface area contributed by atoms with Gasteiger partial charge in [0.2, 0.25) is 0 Å². The monoisotopic (exact) mass is 652 g/mol. The van der Waals surface area contributed by atoms with Crippen molar-refractivity contribution in [1.29, 1.82) is 0 Å². The zero-order chi connectivity index (χ0) is 34.4. The van der Waals surface area contributed by atoms with E-state index in [-0.39, 0.29) is 50.7 Å². The number of aliphatic carboxylic acids is 1. The van der Waals surface area contributed by atoms with E-state index in [4.69, 9.17) is 14.6 Å². The number of carbonyl (C=O) groups is 1. The molecule has 264 valence electrons. The van der Waals surface area contributed by atoms with Crippen molar-refractivity contribution in [3.05, 3.63) is 24.3 Å². The van der Waals surface area contributed by atoms with Crippen molar-refractivity contribution in [1.82, 2.24) is 20.1 Å². The first-order valence-electron chi connectivity index (χ1n) is 18.6. The first-order chi connectivity index (χ1) is 21.9. The lowest BCUT2D eigenvalue weighted by molar-refractivity contribution is -0.255. The Morgan fingerprint density at radius 3 is 2.45 bits per heavy atom. The summed E-state index contributed by atoms with van der Waals surface area (Å²) in [5.74, 6) is 0.816. The molecule has 0 radical (unpaired) electrons. The van der Waals surface area contributed by atoms with Gasteiger partial charge in [0, 0.05) is 11.0 Å². The third-order valence-electron chi connectivity index (χ3n) is 16.2. The molecule has 0 amide bonds. The van der Waals surface area contributed by atoms with E-state index in [9.17, 15) is 9.90 Å². The second kappa shape index (κ2) is 11.7. The van der Waals surface area contributed by atoms with E-state index in [1.165, 1.54) is 5.57 Å². The zero-order valence-corrected chi connectivity index (χ0v) is 31.2. The maximum Gasteiger partial charge on any atom is 0.307 e. The number of hydrogen-bond donors (Lipinski definition) is 2. The maximum atomic E-state index is 13.5. The van der Waals surface area contributed by atoms with Gasteiger partial charge in [0.15, 0.2) is 0 Å². The van der Waals surface area contributed by atoms with Crippen LogP contribution in [-0.2, 0) is 14.3 Å². The van der Waals surface area contributed by atoms with Gasteiger partial charge in [0.25, 0.3) is 0 Å². The van der Waals surface area contributed by atoms with E-state index in [1.807, 2.05) is 13.4 Å². The molecule has 4 fully saturated rings. The van der Waals surface area contributed by atoms with Gasteiger partial charge in [-0.2, -0.15) is 5.10 Å².